The summed E-state index contributed by atoms with van der Waals surface area (Å²) in [7, 11) is 1.61. The second-order valence-electron chi connectivity index (χ2n) is 4.41. The van der Waals surface area contributed by atoms with E-state index in [0.29, 0.717) is 11.8 Å². The van der Waals surface area contributed by atoms with E-state index in [0.717, 1.165) is 18.5 Å². The number of hydrogen-bond acceptors (Lipinski definition) is 5. The molecular weight excluding hydrogens is 228 g/mol. The molecule has 0 saturated carbocycles. The van der Waals surface area contributed by atoms with E-state index in [-0.39, 0.29) is 6.04 Å². The Bertz CT molecular complexity index is 346. The molecule has 2 atom stereocenters. The molecule has 18 heavy (non-hydrogen) atoms. The molecule has 0 spiro atoms. The van der Waals surface area contributed by atoms with Gasteiger partial charge in [0.1, 0.15) is 5.69 Å². The number of nitrogens with two attached hydrogens (primary N) is 1. The van der Waals surface area contributed by atoms with Gasteiger partial charge in [-0.25, -0.2) is 4.98 Å². The van der Waals surface area contributed by atoms with Gasteiger partial charge in [0.15, 0.2) is 0 Å². The fourth-order valence-electron chi connectivity index (χ4n) is 2.22. The average molecular weight is 252 g/mol. The van der Waals surface area contributed by atoms with Gasteiger partial charge in [0.2, 0.25) is 5.88 Å². The molecule has 2 unspecified atom stereocenters. The third-order valence-electron chi connectivity index (χ3n) is 3.28. The van der Waals surface area contributed by atoms with Crippen molar-refractivity contribution < 1.29 is 4.74 Å². The lowest BCUT2D eigenvalue weighted by molar-refractivity contribution is 0.303. The van der Waals surface area contributed by atoms with Gasteiger partial charge >= 0.3 is 0 Å². The molecule has 1 aromatic heterocycles. The zero-order valence-electron chi connectivity index (χ0n) is 11.5. The fraction of sp³-hybridized carbons (Fsp3) is 0.692. The van der Waals surface area contributed by atoms with Gasteiger partial charge in [0.05, 0.1) is 13.2 Å². The number of methoxy groups -OCH3 is 1. The molecule has 5 nitrogen and oxygen atoms in total. The van der Waals surface area contributed by atoms with Crippen LogP contribution in [0.5, 0.6) is 5.88 Å². The highest BCUT2D eigenvalue weighted by Gasteiger charge is 2.25. The van der Waals surface area contributed by atoms with Crippen molar-refractivity contribution in [3.63, 3.8) is 0 Å². The van der Waals surface area contributed by atoms with Crippen LogP contribution in [0, 0.1) is 5.92 Å². The monoisotopic (exact) mass is 252 g/mol. The van der Waals surface area contributed by atoms with Gasteiger partial charge in [-0.3, -0.25) is 16.3 Å². The van der Waals surface area contributed by atoms with Crippen LogP contribution >= 0.6 is 0 Å². The summed E-state index contributed by atoms with van der Waals surface area (Å²) in [6, 6.07) is -0.00907. The lowest BCUT2D eigenvalue weighted by Crippen LogP contribution is -2.34. The molecule has 0 amide bonds. The number of unbranched alkanes of at least 4 members (excludes halogenated alkanes) is 1. The number of nitrogens with zero attached hydrogens (tertiary/aromatic N) is 2. The van der Waals surface area contributed by atoms with E-state index < -0.39 is 0 Å². The summed E-state index contributed by atoms with van der Waals surface area (Å²) in [4.78, 5) is 8.55. The second kappa shape index (κ2) is 8.00. The number of hydrogen-bond donors (Lipinski definition) is 2. The molecule has 0 fully saturated rings. The van der Waals surface area contributed by atoms with Crippen LogP contribution in [0.4, 0.5) is 0 Å². The van der Waals surface area contributed by atoms with E-state index in [9.17, 15) is 0 Å². The molecule has 5 heteroatoms. The first-order valence-corrected chi connectivity index (χ1v) is 6.59. The van der Waals surface area contributed by atoms with Crippen LogP contribution in [-0.4, -0.2) is 17.1 Å². The molecule has 0 radical (unpaired) electrons. The average Bonchev–Trinajstić information content (AvgIpc) is 2.43. The van der Waals surface area contributed by atoms with Gasteiger partial charge in [-0.15, -0.1) is 0 Å². The van der Waals surface area contributed by atoms with Crippen molar-refractivity contribution in [3.8, 4) is 5.88 Å². The van der Waals surface area contributed by atoms with Crippen LogP contribution in [0.3, 0.4) is 0 Å². The van der Waals surface area contributed by atoms with Gasteiger partial charge in [-0.2, -0.15) is 0 Å². The topological polar surface area (TPSA) is 73.1 Å². The van der Waals surface area contributed by atoms with E-state index in [2.05, 4.69) is 29.2 Å². The summed E-state index contributed by atoms with van der Waals surface area (Å²) in [5.41, 5.74) is 3.67. The number of hydrazine groups is 1. The Kier molecular flexibility index (Phi) is 6.60. The van der Waals surface area contributed by atoms with Crippen LogP contribution in [0.15, 0.2) is 12.4 Å². The highest BCUT2D eigenvalue weighted by Crippen LogP contribution is 2.30. The molecule has 1 rings (SSSR count). The maximum atomic E-state index is 5.70. The summed E-state index contributed by atoms with van der Waals surface area (Å²) < 4.78 is 5.26. The Labute approximate surface area is 109 Å². The van der Waals surface area contributed by atoms with E-state index in [1.165, 1.54) is 12.8 Å². The summed E-state index contributed by atoms with van der Waals surface area (Å²) >= 11 is 0. The molecule has 1 aromatic rings. The highest BCUT2D eigenvalue weighted by molar-refractivity contribution is 5.21. The van der Waals surface area contributed by atoms with Crippen LogP contribution in [0.25, 0.3) is 0 Å². The normalized spacial score (nSPS) is 14.2. The molecule has 0 aliphatic carbocycles. The van der Waals surface area contributed by atoms with Crippen LogP contribution in [-0.2, 0) is 0 Å². The SMILES string of the molecule is CCCCC(CC)C(NN)c1nccnc1OC. The molecule has 0 aromatic carbocycles. The first-order chi connectivity index (χ1) is 8.78. The Morgan fingerprint density at radius 1 is 1.33 bits per heavy atom. The lowest BCUT2D eigenvalue weighted by Gasteiger charge is -2.25. The fourth-order valence-corrected chi connectivity index (χ4v) is 2.22. The molecule has 0 aliphatic heterocycles. The van der Waals surface area contributed by atoms with E-state index in [1.807, 2.05) is 0 Å². The third-order valence-corrected chi connectivity index (χ3v) is 3.28. The minimum absolute atomic E-state index is 0.00907. The first-order valence-electron chi connectivity index (χ1n) is 6.59. The number of nitrogens with one attached hydrogen (secondary N) is 1. The van der Waals surface area contributed by atoms with Crippen LogP contribution in [0.1, 0.15) is 51.3 Å². The third kappa shape index (κ3) is 3.65. The second-order valence-corrected chi connectivity index (χ2v) is 4.41. The summed E-state index contributed by atoms with van der Waals surface area (Å²) in [5.74, 6) is 6.70. The highest BCUT2D eigenvalue weighted by atomic mass is 16.5. The quantitative estimate of drug-likeness (QED) is 0.548. The maximum Gasteiger partial charge on any atom is 0.237 e. The van der Waals surface area contributed by atoms with E-state index in [4.69, 9.17) is 10.6 Å². The van der Waals surface area contributed by atoms with E-state index in [1.54, 1.807) is 19.5 Å². The zero-order valence-corrected chi connectivity index (χ0v) is 11.5. The lowest BCUT2D eigenvalue weighted by atomic mass is 9.89. The Morgan fingerprint density at radius 2 is 2.06 bits per heavy atom. The maximum absolute atomic E-state index is 5.70. The van der Waals surface area contributed by atoms with E-state index >= 15 is 0 Å². The number of rotatable bonds is 8. The predicted molar refractivity (Wildman–Crippen MR) is 72.0 cm³/mol. The summed E-state index contributed by atoms with van der Waals surface area (Å²) in [6.07, 6.45) is 7.86. The van der Waals surface area contributed by atoms with Crippen molar-refractivity contribution in [1.29, 1.82) is 0 Å². The Hall–Kier alpha value is -1.20. The van der Waals surface area contributed by atoms with Gasteiger partial charge in [-0.05, 0) is 12.3 Å². The molecule has 1 heterocycles. The summed E-state index contributed by atoms with van der Waals surface area (Å²) in [6.45, 7) is 4.37. The zero-order chi connectivity index (χ0) is 13.4. The standard InChI is InChI=1S/C13H24N4O/c1-4-6-7-10(5-2)11(17-14)12-13(18-3)16-9-8-15-12/h8-11,17H,4-7,14H2,1-3H3. The molecule has 0 saturated heterocycles. The van der Waals surface area contributed by atoms with Gasteiger partial charge in [0, 0.05) is 12.4 Å². The van der Waals surface area contributed by atoms with Gasteiger partial charge in [-0.1, -0.05) is 33.1 Å². The minimum Gasteiger partial charge on any atom is -0.480 e. The van der Waals surface area contributed by atoms with Crippen molar-refractivity contribution in [2.45, 2.75) is 45.6 Å². The minimum atomic E-state index is -0.00907. The number of ether oxygens (including phenoxy) is 1. The van der Waals surface area contributed by atoms with Crippen LogP contribution in [0.2, 0.25) is 0 Å². The smallest absolute Gasteiger partial charge is 0.237 e. The van der Waals surface area contributed by atoms with Gasteiger partial charge < -0.3 is 4.74 Å². The first kappa shape index (κ1) is 14.9. The van der Waals surface area contributed by atoms with Crippen LogP contribution < -0.4 is 16.0 Å². The van der Waals surface area contributed by atoms with Gasteiger partial charge in [0.25, 0.3) is 0 Å². The van der Waals surface area contributed by atoms with Crippen molar-refractivity contribution in [3.05, 3.63) is 18.1 Å². The molecular formula is C13H24N4O. The Morgan fingerprint density at radius 3 is 2.61 bits per heavy atom. The molecule has 102 valence electrons. The van der Waals surface area contributed by atoms with Crippen molar-refractivity contribution in [2.24, 2.45) is 11.8 Å². The number of aromatic nitrogens is 2. The molecule has 3 N–H and O–H groups in total. The summed E-state index contributed by atoms with van der Waals surface area (Å²) in [5, 5.41) is 0. The Balaban J connectivity index is 2.92. The predicted octanol–water partition coefficient (Wildman–Crippen LogP) is 2.21. The van der Waals surface area contributed by atoms with Crippen molar-refractivity contribution >= 4 is 0 Å². The largest absolute Gasteiger partial charge is 0.480 e. The van der Waals surface area contributed by atoms with Crippen molar-refractivity contribution in [1.82, 2.24) is 15.4 Å². The molecule has 0 aliphatic rings. The van der Waals surface area contributed by atoms with Crippen molar-refractivity contribution in [2.75, 3.05) is 7.11 Å². The molecule has 0 bridgehead atoms.